The molecule has 182 valence electrons. The predicted molar refractivity (Wildman–Crippen MR) is 140 cm³/mol. The van der Waals surface area contributed by atoms with E-state index < -0.39 is 18.3 Å². The number of fused-ring (bicyclic) bond motifs is 1. The highest BCUT2D eigenvalue weighted by Gasteiger charge is 2.37. The van der Waals surface area contributed by atoms with E-state index >= 15 is 0 Å². The Morgan fingerprint density at radius 1 is 1.03 bits per heavy atom. The molecule has 0 amide bonds. The number of aromatic amines is 1. The summed E-state index contributed by atoms with van der Waals surface area (Å²) in [6.07, 6.45) is -0.377. The van der Waals surface area contributed by atoms with Crippen LogP contribution in [0, 0.1) is 0 Å². The first-order valence-electron chi connectivity index (χ1n) is 11.5. The van der Waals surface area contributed by atoms with Crippen molar-refractivity contribution in [2.75, 3.05) is 13.2 Å². The number of ether oxygens (including phenoxy) is 2. The summed E-state index contributed by atoms with van der Waals surface area (Å²) in [6.45, 7) is -0.0910. The second-order valence-corrected chi connectivity index (χ2v) is 9.89. The summed E-state index contributed by atoms with van der Waals surface area (Å²) in [4.78, 5) is 12.0. The van der Waals surface area contributed by atoms with Gasteiger partial charge >= 0.3 is 0 Å². The first-order chi connectivity index (χ1) is 17.6. The summed E-state index contributed by atoms with van der Waals surface area (Å²) in [5.74, 6) is 0. The maximum atomic E-state index is 10.2. The second kappa shape index (κ2) is 9.65. The first kappa shape index (κ1) is 23.1. The van der Waals surface area contributed by atoms with Gasteiger partial charge in [-0.25, -0.2) is 4.98 Å². The van der Waals surface area contributed by atoms with E-state index in [0.29, 0.717) is 10.5 Å². The fourth-order valence-electron chi connectivity index (χ4n) is 4.36. The lowest BCUT2D eigenvalue weighted by atomic mass is 9.99. The molecule has 0 saturated carbocycles. The van der Waals surface area contributed by atoms with E-state index in [2.05, 4.69) is 51.4 Å². The van der Waals surface area contributed by atoms with Gasteiger partial charge in [0.2, 0.25) is 0 Å². The second-order valence-electron chi connectivity index (χ2n) is 8.58. The molecule has 0 unspecified atom stereocenters. The number of aliphatic hydroxyl groups is 2. The maximum absolute atomic E-state index is 10.2. The number of benzene rings is 3. The van der Waals surface area contributed by atoms with Gasteiger partial charge < -0.3 is 24.7 Å². The minimum Gasteiger partial charge on any atom is -0.456 e. The number of H-pyrrole nitrogens is 1. The molecule has 0 bridgehead atoms. The number of nitrogens with one attached hydrogen (secondary N) is 1. The molecule has 3 atom stereocenters. The number of nitrogens with zero attached hydrogens (tertiary/aromatic N) is 2. The molecule has 0 spiro atoms. The highest BCUT2D eigenvalue weighted by atomic mass is 35.5. The molecule has 1 aliphatic heterocycles. The molecular formula is C27H22ClN3O4S. The molecule has 6 rings (SSSR count). The van der Waals surface area contributed by atoms with Gasteiger partial charge in [0.1, 0.15) is 17.2 Å². The lowest BCUT2D eigenvalue weighted by Gasteiger charge is -2.15. The molecule has 3 heterocycles. The monoisotopic (exact) mass is 519 g/mol. The van der Waals surface area contributed by atoms with Gasteiger partial charge in [0.05, 0.1) is 29.3 Å². The van der Waals surface area contributed by atoms with Gasteiger partial charge in [-0.05, 0) is 28.8 Å². The van der Waals surface area contributed by atoms with E-state index in [-0.39, 0.29) is 19.2 Å². The van der Waals surface area contributed by atoms with Crippen molar-refractivity contribution in [1.82, 2.24) is 15.0 Å². The molecule has 1 aliphatic rings. The fourth-order valence-corrected chi connectivity index (χ4v) is 5.28. The number of rotatable bonds is 6. The van der Waals surface area contributed by atoms with Gasteiger partial charge in [-0.1, -0.05) is 60.1 Å². The highest BCUT2D eigenvalue weighted by molar-refractivity contribution is 7.13. The van der Waals surface area contributed by atoms with Crippen LogP contribution in [0.15, 0.2) is 72.2 Å². The maximum Gasteiger partial charge on any atom is 0.295 e. The van der Waals surface area contributed by atoms with Crippen molar-refractivity contribution >= 4 is 34.0 Å². The predicted octanol–water partition coefficient (Wildman–Crippen LogP) is 5.17. The van der Waals surface area contributed by atoms with E-state index in [0.717, 1.165) is 38.3 Å². The fraction of sp³-hybridized carbons (Fsp3) is 0.185. The van der Waals surface area contributed by atoms with Crippen LogP contribution in [0.3, 0.4) is 0 Å². The molecule has 0 aliphatic carbocycles. The van der Waals surface area contributed by atoms with Gasteiger partial charge in [0.15, 0.2) is 6.10 Å². The van der Waals surface area contributed by atoms with Crippen molar-refractivity contribution in [2.24, 2.45) is 0 Å². The first-order valence-corrected chi connectivity index (χ1v) is 12.7. The average Bonchev–Trinajstić information content (AvgIpc) is 3.65. The number of thiazole rings is 1. The third-order valence-corrected chi connectivity index (χ3v) is 7.46. The lowest BCUT2D eigenvalue weighted by Crippen LogP contribution is -2.36. The largest absolute Gasteiger partial charge is 0.456 e. The molecule has 1 saturated heterocycles. The molecule has 0 radical (unpaired) electrons. The van der Waals surface area contributed by atoms with E-state index in [9.17, 15) is 10.2 Å². The molecule has 7 nitrogen and oxygen atoms in total. The van der Waals surface area contributed by atoms with Gasteiger partial charge in [-0.15, -0.1) is 11.3 Å². The van der Waals surface area contributed by atoms with Crippen molar-refractivity contribution < 1.29 is 19.7 Å². The molecular weight excluding hydrogens is 498 g/mol. The van der Waals surface area contributed by atoms with E-state index in [1.807, 2.05) is 35.8 Å². The van der Waals surface area contributed by atoms with Gasteiger partial charge in [-0.3, -0.25) is 0 Å². The molecule has 1 fully saturated rings. The SMILES string of the molecule is OC[C@H]1OC[C@@H](Oc2nc3cc(-c4ccc(-c5ccc(-c6nccs6)cc5)cc4)c(Cl)cc3[nH]2)[C@@H]1O. The summed E-state index contributed by atoms with van der Waals surface area (Å²) in [6, 6.07) is 20.6. The summed E-state index contributed by atoms with van der Waals surface area (Å²) in [5.41, 5.74) is 6.59. The third kappa shape index (κ3) is 4.38. The molecule has 36 heavy (non-hydrogen) atoms. The van der Waals surface area contributed by atoms with E-state index in [1.54, 1.807) is 11.3 Å². The molecule has 5 aromatic rings. The van der Waals surface area contributed by atoms with E-state index in [1.165, 1.54) is 0 Å². The topological polar surface area (TPSA) is 100 Å². The molecule has 2 aromatic heterocycles. The van der Waals surface area contributed by atoms with Crippen molar-refractivity contribution in [3.05, 3.63) is 77.3 Å². The van der Waals surface area contributed by atoms with Gasteiger partial charge in [-0.2, -0.15) is 4.98 Å². The van der Waals surface area contributed by atoms with Gasteiger partial charge in [0.25, 0.3) is 6.01 Å². The third-order valence-electron chi connectivity index (χ3n) is 6.32. The van der Waals surface area contributed by atoms with Crippen LogP contribution < -0.4 is 4.74 Å². The molecule has 3 aromatic carbocycles. The summed E-state index contributed by atoms with van der Waals surface area (Å²) < 4.78 is 11.1. The number of halogens is 1. The van der Waals surface area contributed by atoms with Crippen molar-refractivity contribution in [2.45, 2.75) is 18.3 Å². The van der Waals surface area contributed by atoms with Gasteiger partial charge in [0, 0.05) is 22.7 Å². The Labute approximate surface area is 216 Å². The van der Waals surface area contributed by atoms with Crippen LogP contribution >= 0.6 is 22.9 Å². The smallest absolute Gasteiger partial charge is 0.295 e. The van der Waals surface area contributed by atoms with Crippen LogP contribution in [0.2, 0.25) is 5.02 Å². The van der Waals surface area contributed by atoms with Crippen molar-refractivity contribution in [3.63, 3.8) is 0 Å². The zero-order chi connectivity index (χ0) is 24.6. The standard InChI is InChI=1S/C27H22ClN3O4S/c28-20-12-22-21(30-27(31-22)35-24-14-34-23(13-32)25(24)33)11-19(20)17-5-1-15(2-6-17)16-3-7-18(8-4-16)26-29-9-10-36-26/h1-12,23-25,32-33H,13-14H2,(H,30,31)/t23-,24-,25-/m1/s1. The number of hydrogen-bond donors (Lipinski definition) is 3. The highest BCUT2D eigenvalue weighted by Crippen LogP contribution is 2.34. The normalized spacial score (nSPS) is 19.7. The number of aliphatic hydroxyl groups excluding tert-OH is 2. The van der Waals surface area contributed by atoms with Crippen LogP contribution in [0.5, 0.6) is 6.01 Å². The van der Waals surface area contributed by atoms with Crippen LogP contribution in [-0.2, 0) is 4.74 Å². The zero-order valence-corrected chi connectivity index (χ0v) is 20.5. The number of hydrogen-bond acceptors (Lipinski definition) is 7. The minimum absolute atomic E-state index is 0.176. The Morgan fingerprint density at radius 2 is 1.72 bits per heavy atom. The Bertz CT molecular complexity index is 1490. The van der Waals surface area contributed by atoms with E-state index in [4.69, 9.17) is 21.1 Å². The summed E-state index contributed by atoms with van der Waals surface area (Å²) in [7, 11) is 0. The minimum atomic E-state index is -0.926. The Balaban J connectivity index is 1.22. The van der Waals surface area contributed by atoms with Crippen molar-refractivity contribution in [3.8, 4) is 38.8 Å². The quantitative estimate of drug-likeness (QED) is 0.286. The Morgan fingerprint density at radius 3 is 2.36 bits per heavy atom. The average molecular weight is 520 g/mol. The number of aromatic nitrogens is 3. The van der Waals surface area contributed by atoms with Crippen LogP contribution in [0.25, 0.3) is 43.9 Å². The number of imidazole rings is 1. The summed E-state index contributed by atoms with van der Waals surface area (Å²) in [5, 5.41) is 23.0. The zero-order valence-electron chi connectivity index (χ0n) is 19.0. The Kier molecular flexibility index (Phi) is 6.20. The van der Waals surface area contributed by atoms with Crippen LogP contribution in [-0.4, -0.2) is 56.7 Å². The molecule has 3 N–H and O–H groups in total. The Hall–Kier alpha value is -3.27. The van der Waals surface area contributed by atoms with Crippen molar-refractivity contribution in [1.29, 1.82) is 0 Å². The van der Waals surface area contributed by atoms with Crippen LogP contribution in [0.1, 0.15) is 0 Å². The summed E-state index contributed by atoms with van der Waals surface area (Å²) >= 11 is 8.25. The van der Waals surface area contributed by atoms with Crippen LogP contribution in [0.4, 0.5) is 0 Å². The molecule has 9 heteroatoms. The lowest BCUT2D eigenvalue weighted by molar-refractivity contribution is -0.00390.